The zero-order chi connectivity index (χ0) is 22.7. The van der Waals surface area contributed by atoms with Crippen molar-refractivity contribution in [3.63, 3.8) is 0 Å². The second-order valence-corrected chi connectivity index (χ2v) is 5.83. The summed E-state index contributed by atoms with van der Waals surface area (Å²) in [5.74, 6) is -47.2. The molecule has 0 heterocycles. The van der Waals surface area contributed by atoms with Crippen molar-refractivity contribution in [1.29, 1.82) is 0 Å². The molecule has 1 rings (SSSR count). The normalized spacial score (nSPS) is 32.1. The Morgan fingerprint density at radius 2 is 0.750 bits per heavy atom. The van der Waals surface area contributed by atoms with E-state index in [9.17, 15) is 53.5 Å². The van der Waals surface area contributed by atoms with Gasteiger partial charge in [0.1, 0.15) is 0 Å². The van der Waals surface area contributed by atoms with E-state index in [1.807, 2.05) is 0 Å². The van der Waals surface area contributed by atoms with Gasteiger partial charge in [-0.1, -0.05) is 13.2 Å². The summed E-state index contributed by atoms with van der Waals surface area (Å²) in [5, 5.41) is 0. The van der Waals surface area contributed by atoms with Gasteiger partial charge in [-0.15, -0.1) is 0 Å². The molecule has 0 aromatic rings. The molecule has 1 aliphatic rings. The molecule has 0 N–H and O–H groups in total. The van der Waals surface area contributed by atoms with E-state index in [0.717, 1.165) is 0 Å². The highest BCUT2D eigenvalue weighted by molar-refractivity contribution is 5.88. The van der Waals surface area contributed by atoms with E-state index in [2.05, 4.69) is 22.6 Å². The van der Waals surface area contributed by atoms with Crippen LogP contribution in [-0.4, -0.2) is 47.3 Å². The van der Waals surface area contributed by atoms with Gasteiger partial charge in [-0.3, -0.25) is 0 Å². The first-order valence-corrected chi connectivity index (χ1v) is 6.82. The zero-order valence-corrected chi connectivity index (χ0v) is 13.8. The molecule has 0 aliphatic heterocycles. The van der Waals surface area contributed by atoms with Crippen LogP contribution in [0.3, 0.4) is 0 Å². The molecule has 0 aromatic carbocycles. The van der Waals surface area contributed by atoms with Gasteiger partial charge in [-0.25, -0.2) is 9.59 Å². The Morgan fingerprint density at radius 3 is 0.893 bits per heavy atom. The number of carbonyl (C=O) groups excluding carboxylic acids is 2. The van der Waals surface area contributed by atoms with Crippen LogP contribution >= 0.6 is 0 Å². The maximum absolute atomic E-state index is 14.3. The fraction of sp³-hybridized carbons (Fsp3) is 0.571. The van der Waals surface area contributed by atoms with Crippen molar-refractivity contribution in [3.8, 4) is 0 Å². The lowest BCUT2D eigenvalue weighted by Gasteiger charge is -2.53. The minimum atomic E-state index is -7.15. The van der Waals surface area contributed by atoms with Gasteiger partial charge in [0, 0.05) is 11.1 Å². The Morgan fingerprint density at radius 1 is 0.571 bits per heavy atom. The molecule has 1 aliphatic carbocycles. The first-order valence-electron chi connectivity index (χ1n) is 6.82. The third-order valence-electron chi connectivity index (χ3n) is 3.57. The molecule has 14 heteroatoms. The van der Waals surface area contributed by atoms with Crippen molar-refractivity contribution in [2.75, 3.05) is 0 Å². The largest absolute Gasteiger partial charge is 0.413 e. The molecule has 1 fully saturated rings. The highest BCUT2D eigenvalue weighted by Gasteiger charge is 3.03. The van der Waals surface area contributed by atoms with Crippen LogP contribution in [0.2, 0.25) is 0 Å². The number of hydrogen-bond acceptors (Lipinski definition) is 4. The highest BCUT2D eigenvalue weighted by atomic mass is 19.4. The van der Waals surface area contributed by atoms with Gasteiger partial charge in [-0.2, -0.15) is 43.9 Å². The zero-order valence-electron chi connectivity index (χ0n) is 13.8. The van der Waals surface area contributed by atoms with E-state index in [4.69, 9.17) is 0 Å². The van der Waals surface area contributed by atoms with E-state index in [-0.39, 0.29) is 0 Å². The predicted octanol–water partition coefficient (Wildman–Crippen LogP) is 4.11. The molecule has 0 aromatic heterocycles. The molecule has 0 saturated heterocycles. The Hall–Kier alpha value is -2.28. The van der Waals surface area contributed by atoms with Gasteiger partial charge in [0.25, 0.3) is 0 Å². The molecular formula is C14H10F10O4. The summed E-state index contributed by atoms with van der Waals surface area (Å²) in [6, 6.07) is 0. The number of ether oxygens (including phenoxy) is 2. The minimum Gasteiger partial charge on any atom is -0.413 e. The van der Waals surface area contributed by atoms with Gasteiger partial charge < -0.3 is 9.47 Å². The summed E-state index contributed by atoms with van der Waals surface area (Å²) >= 11 is 0. The molecule has 28 heavy (non-hydrogen) atoms. The predicted molar refractivity (Wildman–Crippen MR) is 69.3 cm³/mol. The lowest BCUT2D eigenvalue weighted by Crippen LogP contribution is -2.86. The average molecular weight is 432 g/mol. The Balaban J connectivity index is 3.84. The Bertz CT molecular complexity index is 652. The fourth-order valence-corrected chi connectivity index (χ4v) is 1.89. The third kappa shape index (κ3) is 2.52. The number of rotatable bonds is 4. The second kappa shape index (κ2) is 6.11. The van der Waals surface area contributed by atoms with Gasteiger partial charge in [0.05, 0.1) is 0 Å². The molecule has 0 spiro atoms. The van der Waals surface area contributed by atoms with Crippen LogP contribution in [0.4, 0.5) is 43.9 Å². The van der Waals surface area contributed by atoms with Crippen LogP contribution in [-0.2, 0) is 19.1 Å². The smallest absolute Gasteiger partial charge is 0.392 e. The molecule has 4 nitrogen and oxygen atoms in total. The Labute approximate surface area is 149 Å². The van der Waals surface area contributed by atoms with Crippen LogP contribution in [0.1, 0.15) is 13.8 Å². The van der Waals surface area contributed by atoms with Gasteiger partial charge in [-0.05, 0) is 13.8 Å². The molecule has 0 amide bonds. The van der Waals surface area contributed by atoms with Crippen LogP contribution in [0.15, 0.2) is 24.3 Å². The van der Waals surface area contributed by atoms with Crippen molar-refractivity contribution < 1.29 is 63.0 Å². The topological polar surface area (TPSA) is 52.6 Å². The van der Waals surface area contributed by atoms with Crippen molar-refractivity contribution in [1.82, 2.24) is 0 Å². The lowest BCUT2D eigenvalue weighted by molar-refractivity contribution is -0.528. The summed E-state index contributed by atoms with van der Waals surface area (Å²) in [5.41, 5.74) is -2.25. The summed E-state index contributed by atoms with van der Waals surface area (Å²) in [4.78, 5) is 22.3. The summed E-state index contributed by atoms with van der Waals surface area (Å²) in [6.45, 7) is 6.40. The number of esters is 2. The first-order chi connectivity index (χ1) is 12.2. The van der Waals surface area contributed by atoms with Crippen molar-refractivity contribution in [2.24, 2.45) is 0 Å². The minimum absolute atomic E-state index is 0.551. The standard InChI is InChI=1S/C14H10F10O4/c1-5(2)7(25)27-13(23)9(15,16)11(19,20)14(24,28-8(26)6(3)4)12(21,22)10(13,17)18/h1,3H2,2,4H3. The van der Waals surface area contributed by atoms with E-state index in [1.165, 1.54) is 0 Å². The quantitative estimate of drug-likeness (QED) is 0.381. The van der Waals surface area contributed by atoms with Crippen LogP contribution < -0.4 is 0 Å². The summed E-state index contributed by atoms with van der Waals surface area (Å²) in [6.07, 6.45) is 0. The molecule has 160 valence electrons. The molecular weight excluding hydrogens is 422 g/mol. The number of alkyl halides is 10. The third-order valence-corrected chi connectivity index (χ3v) is 3.57. The molecule has 1 saturated carbocycles. The van der Waals surface area contributed by atoms with Crippen molar-refractivity contribution >= 4 is 11.9 Å². The van der Waals surface area contributed by atoms with Gasteiger partial charge in [0.2, 0.25) is 0 Å². The average Bonchev–Trinajstić information content (AvgIpc) is 2.52. The number of hydrogen-bond donors (Lipinski definition) is 0. The van der Waals surface area contributed by atoms with Gasteiger partial charge in [0.15, 0.2) is 0 Å². The lowest BCUT2D eigenvalue weighted by atomic mass is 9.77. The van der Waals surface area contributed by atoms with Crippen LogP contribution in [0, 0.1) is 0 Å². The summed E-state index contributed by atoms with van der Waals surface area (Å²) < 4.78 is 146. The van der Waals surface area contributed by atoms with E-state index >= 15 is 0 Å². The number of carbonyl (C=O) groups is 2. The fourth-order valence-electron chi connectivity index (χ4n) is 1.89. The van der Waals surface area contributed by atoms with Crippen LogP contribution in [0.25, 0.3) is 0 Å². The van der Waals surface area contributed by atoms with E-state index < -0.39 is 58.5 Å². The molecule has 0 radical (unpaired) electrons. The maximum Gasteiger partial charge on any atom is 0.392 e. The van der Waals surface area contributed by atoms with E-state index in [1.54, 1.807) is 0 Å². The molecule has 0 bridgehead atoms. The SMILES string of the molecule is C=C(C)C(=O)OC1(F)C(F)(F)C(F)(F)C(F)(OC(=O)C(=C)C)C(F)(F)C1(F)F. The van der Waals surface area contributed by atoms with Crippen molar-refractivity contribution in [3.05, 3.63) is 24.3 Å². The van der Waals surface area contributed by atoms with Crippen molar-refractivity contribution in [2.45, 2.75) is 49.2 Å². The van der Waals surface area contributed by atoms with Crippen LogP contribution in [0.5, 0.6) is 0 Å². The number of halogens is 10. The highest BCUT2D eigenvalue weighted by Crippen LogP contribution is 2.69. The first kappa shape index (κ1) is 23.8. The monoisotopic (exact) mass is 432 g/mol. The van der Waals surface area contributed by atoms with E-state index in [0.29, 0.717) is 13.8 Å². The molecule has 0 atom stereocenters. The maximum atomic E-state index is 14.3. The Kier molecular flexibility index (Phi) is 5.18. The molecule has 0 unspecified atom stereocenters. The second-order valence-electron chi connectivity index (χ2n) is 5.83. The van der Waals surface area contributed by atoms with Gasteiger partial charge >= 0.3 is 47.3 Å². The summed E-state index contributed by atoms with van der Waals surface area (Å²) in [7, 11) is 0.